The molecule has 0 bridgehead atoms. The number of anilines is 1. The molecular weight excluding hydrogens is 450 g/mol. The largest absolute Gasteiger partial charge is 0.402 e. The van der Waals surface area contributed by atoms with Gasteiger partial charge in [0, 0.05) is 69.1 Å². The first-order valence-corrected chi connectivity index (χ1v) is 12.0. The van der Waals surface area contributed by atoms with Gasteiger partial charge in [-0.2, -0.15) is 0 Å². The summed E-state index contributed by atoms with van der Waals surface area (Å²) in [6.45, 7) is 6.23. The zero-order valence-electron chi connectivity index (χ0n) is 19.4. The topological polar surface area (TPSA) is 96.4 Å². The minimum Gasteiger partial charge on any atom is -0.402 e. The Balaban J connectivity index is 1.15. The van der Waals surface area contributed by atoms with E-state index < -0.39 is 11.6 Å². The van der Waals surface area contributed by atoms with Gasteiger partial charge in [-0.25, -0.2) is 18.7 Å². The monoisotopic (exact) mass is 478 g/mol. The van der Waals surface area contributed by atoms with Gasteiger partial charge in [0.15, 0.2) is 11.6 Å². The molecule has 2 saturated heterocycles. The Morgan fingerprint density at radius 1 is 1.29 bits per heavy atom. The number of fused-ring (bicyclic) bond motifs is 3. The average Bonchev–Trinajstić information content (AvgIpc) is 3.40. The molecule has 4 N–H and O–H groups in total. The zero-order chi connectivity index (χ0) is 24.0. The smallest absolute Gasteiger partial charge is 0.164 e. The summed E-state index contributed by atoms with van der Waals surface area (Å²) < 4.78 is 31.4. The van der Waals surface area contributed by atoms with E-state index in [1.54, 1.807) is 6.07 Å². The predicted molar refractivity (Wildman–Crippen MR) is 131 cm³/mol. The van der Waals surface area contributed by atoms with Crippen LogP contribution in [0, 0.1) is 11.2 Å². The first kappa shape index (κ1) is 22.1. The highest BCUT2D eigenvalue weighted by Gasteiger charge is 2.47. The van der Waals surface area contributed by atoms with Crippen molar-refractivity contribution in [1.29, 1.82) is 0 Å². The molecule has 1 spiro atoms. The SMILES string of the molecule is N/C=C(F)\C(=N/CNc1ccc(CN2CC3(CNC3)C2)cn1)c1cc(F)c2nc3n(c2c1)CCC3. The molecule has 0 unspecified atom stereocenters. The molecule has 0 radical (unpaired) electrons. The Kier molecular flexibility index (Phi) is 5.49. The molecule has 182 valence electrons. The lowest BCUT2D eigenvalue weighted by molar-refractivity contribution is -0.0444. The standard InChI is InChI=1S/C25H28F2N8/c26-18-6-17(7-20-24(18)33-22-2-1-5-35(20)22)23(19(27)8-28)32-15-31-21-4-3-16(9-30-21)10-34-13-25(14-34)11-29-12-25/h3-4,6-9,29H,1-2,5,10-15,28H2,(H,30,31)/b19-8+,32-23-. The molecule has 2 aromatic heterocycles. The van der Waals surface area contributed by atoms with Gasteiger partial charge in [-0.3, -0.25) is 9.89 Å². The van der Waals surface area contributed by atoms with Crippen LogP contribution in [-0.4, -0.2) is 58.0 Å². The number of likely N-dealkylation sites (tertiary alicyclic amines) is 1. The number of pyridine rings is 1. The van der Waals surface area contributed by atoms with Crippen LogP contribution >= 0.6 is 0 Å². The van der Waals surface area contributed by atoms with Crippen molar-refractivity contribution in [3.63, 3.8) is 0 Å². The molecule has 0 amide bonds. The highest BCUT2D eigenvalue weighted by molar-refractivity contribution is 6.12. The second-order valence-corrected chi connectivity index (χ2v) is 9.77. The van der Waals surface area contributed by atoms with E-state index in [1.165, 1.54) is 6.07 Å². The lowest BCUT2D eigenvalue weighted by atomic mass is 9.74. The molecule has 8 nitrogen and oxygen atoms in total. The summed E-state index contributed by atoms with van der Waals surface area (Å²) in [5.74, 6) is 0.273. The summed E-state index contributed by atoms with van der Waals surface area (Å²) in [5.41, 5.74) is 8.37. The fourth-order valence-electron chi connectivity index (χ4n) is 5.38. The van der Waals surface area contributed by atoms with Crippen LogP contribution in [0.2, 0.25) is 0 Å². The number of benzene rings is 1. The summed E-state index contributed by atoms with van der Waals surface area (Å²) in [6, 6.07) is 6.92. The molecule has 0 aliphatic carbocycles. The minimum atomic E-state index is -0.719. The van der Waals surface area contributed by atoms with Crippen molar-refractivity contribution in [2.75, 3.05) is 38.2 Å². The Bertz CT molecular complexity index is 1320. The van der Waals surface area contributed by atoms with Crippen LogP contribution in [0.1, 0.15) is 23.4 Å². The number of halogens is 2. The number of rotatable bonds is 7. The molecule has 3 aliphatic rings. The molecule has 3 aromatic rings. The minimum absolute atomic E-state index is 0.0110. The average molecular weight is 479 g/mol. The second kappa shape index (κ2) is 8.69. The Hall–Kier alpha value is -3.37. The van der Waals surface area contributed by atoms with Crippen molar-refractivity contribution in [3.05, 3.63) is 65.3 Å². The zero-order valence-corrected chi connectivity index (χ0v) is 19.4. The van der Waals surface area contributed by atoms with E-state index in [9.17, 15) is 8.78 Å². The third-order valence-corrected chi connectivity index (χ3v) is 7.16. The van der Waals surface area contributed by atoms with Crippen molar-refractivity contribution in [2.24, 2.45) is 16.1 Å². The number of allylic oxidation sites excluding steroid dienone is 1. The first-order chi connectivity index (χ1) is 17.0. The number of aromatic nitrogens is 3. The fraction of sp³-hybridized carbons (Fsp3) is 0.400. The van der Waals surface area contributed by atoms with E-state index in [4.69, 9.17) is 5.73 Å². The van der Waals surface area contributed by atoms with E-state index in [0.29, 0.717) is 27.8 Å². The highest BCUT2D eigenvalue weighted by Crippen LogP contribution is 2.34. The van der Waals surface area contributed by atoms with Gasteiger partial charge in [0.2, 0.25) is 0 Å². The van der Waals surface area contributed by atoms with E-state index in [0.717, 1.165) is 69.7 Å². The van der Waals surface area contributed by atoms with Crippen LogP contribution in [0.4, 0.5) is 14.6 Å². The van der Waals surface area contributed by atoms with Crippen LogP contribution in [0.25, 0.3) is 11.0 Å². The van der Waals surface area contributed by atoms with E-state index in [1.807, 2.05) is 22.9 Å². The van der Waals surface area contributed by atoms with Gasteiger partial charge in [-0.15, -0.1) is 0 Å². The first-order valence-electron chi connectivity index (χ1n) is 12.0. The number of nitrogens with zero attached hydrogens (tertiary/aromatic N) is 5. The number of hydrogen-bond donors (Lipinski definition) is 3. The number of hydrogen-bond acceptors (Lipinski definition) is 7. The summed E-state index contributed by atoms with van der Waals surface area (Å²) in [6.07, 6.45) is 4.47. The van der Waals surface area contributed by atoms with Crippen LogP contribution in [-0.2, 0) is 19.5 Å². The molecule has 2 fully saturated rings. The molecule has 0 saturated carbocycles. The van der Waals surface area contributed by atoms with Crippen molar-refractivity contribution in [1.82, 2.24) is 24.8 Å². The Morgan fingerprint density at radius 3 is 2.86 bits per heavy atom. The Labute approximate surface area is 201 Å². The van der Waals surface area contributed by atoms with Crippen molar-refractivity contribution >= 4 is 22.6 Å². The van der Waals surface area contributed by atoms with Crippen molar-refractivity contribution in [3.8, 4) is 0 Å². The summed E-state index contributed by atoms with van der Waals surface area (Å²) in [4.78, 5) is 15.6. The fourth-order valence-corrected chi connectivity index (χ4v) is 5.38. The normalized spacial score (nSPS) is 19.6. The summed E-state index contributed by atoms with van der Waals surface area (Å²) in [5, 5.41) is 6.43. The lowest BCUT2D eigenvalue weighted by Crippen LogP contribution is -2.70. The number of imidazole rings is 1. The molecule has 35 heavy (non-hydrogen) atoms. The van der Waals surface area contributed by atoms with Gasteiger partial charge in [-0.1, -0.05) is 6.07 Å². The number of aliphatic imine (C=N–C) groups is 1. The molecular formula is C25H28F2N8. The van der Waals surface area contributed by atoms with Crippen LogP contribution in [0.15, 0.2) is 47.5 Å². The van der Waals surface area contributed by atoms with Crippen LogP contribution < -0.4 is 16.4 Å². The summed E-state index contributed by atoms with van der Waals surface area (Å²) >= 11 is 0. The quantitative estimate of drug-likeness (QED) is 0.452. The third kappa shape index (κ3) is 4.06. The third-order valence-electron chi connectivity index (χ3n) is 7.16. The van der Waals surface area contributed by atoms with Crippen LogP contribution in [0.5, 0.6) is 0 Å². The molecule has 6 rings (SSSR count). The maximum atomic E-state index is 14.8. The van der Waals surface area contributed by atoms with Gasteiger partial charge in [0.1, 0.15) is 29.5 Å². The number of aryl methyl sites for hydroxylation is 2. The maximum Gasteiger partial charge on any atom is 0.164 e. The van der Waals surface area contributed by atoms with Gasteiger partial charge in [-0.05, 0) is 30.2 Å². The van der Waals surface area contributed by atoms with Crippen molar-refractivity contribution in [2.45, 2.75) is 25.9 Å². The van der Waals surface area contributed by atoms with Crippen molar-refractivity contribution < 1.29 is 8.78 Å². The van der Waals surface area contributed by atoms with E-state index >= 15 is 0 Å². The Morgan fingerprint density at radius 2 is 2.14 bits per heavy atom. The van der Waals surface area contributed by atoms with Gasteiger partial charge < -0.3 is 20.9 Å². The molecule has 10 heteroatoms. The molecule has 0 atom stereocenters. The van der Waals surface area contributed by atoms with Crippen LogP contribution in [0.3, 0.4) is 0 Å². The van der Waals surface area contributed by atoms with Gasteiger partial charge in [0.05, 0.1) is 5.52 Å². The number of nitrogens with two attached hydrogens (primary N) is 1. The van der Waals surface area contributed by atoms with Gasteiger partial charge in [0.25, 0.3) is 0 Å². The maximum absolute atomic E-state index is 14.8. The summed E-state index contributed by atoms with van der Waals surface area (Å²) in [7, 11) is 0. The van der Waals surface area contributed by atoms with E-state index in [-0.39, 0.29) is 12.4 Å². The highest BCUT2D eigenvalue weighted by atomic mass is 19.1. The number of nitrogens with one attached hydrogen (secondary N) is 2. The van der Waals surface area contributed by atoms with Gasteiger partial charge >= 0.3 is 0 Å². The second-order valence-electron chi connectivity index (χ2n) is 9.77. The lowest BCUT2D eigenvalue weighted by Gasteiger charge is -2.56. The predicted octanol–water partition coefficient (Wildman–Crippen LogP) is 2.55. The molecule has 1 aromatic carbocycles. The van der Waals surface area contributed by atoms with E-state index in [2.05, 4.69) is 30.5 Å². The molecule has 5 heterocycles. The molecule has 3 aliphatic heterocycles.